The van der Waals surface area contributed by atoms with Gasteiger partial charge in [-0.1, -0.05) is 41.9 Å². The SMILES string of the molecule is C[C@@H](OC(=O)Cn1cnc2ccccc2c1=O)C(=O)NCc1ccccc1Cl. The predicted octanol–water partition coefficient (Wildman–Crippen LogP) is 2.30. The topological polar surface area (TPSA) is 90.3 Å². The Labute approximate surface area is 165 Å². The first-order valence-corrected chi connectivity index (χ1v) is 8.98. The highest BCUT2D eigenvalue weighted by Gasteiger charge is 2.18. The van der Waals surface area contributed by atoms with Gasteiger partial charge < -0.3 is 10.1 Å². The van der Waals surface area contributed by atoms with Crippen LogP contribution in [0.1, 0.15) is 12.5 Å². The second kappa shape index (κ2) is 8.67. The average Bonchev–Trinajstić information content (AvgIpc) is 2.69. The first-order chi connectivity index (χ1) is 13.5. The predicted molar refractivity (Wildman–Crippen MR) is 105 cm³/mol. The van der Waals surface area contributed by atoms with E-state index < -0.39 is 18.0 Å². The van der Waals surface area contributed by atoms with Gasteiger partial charge in [-0.3, -0.25) is 19.0 Å². The van der Waals surface area contributed by atoms with E-state index in [-0.39, 0.29) is 18.6 Å². The zero-order valence-corrected chi connectivity index (χ0v) is 15.8. The largest absolute Gasteiger partial charge is 0.451 e. The first kappa shape index (κ1) is 19.6. The van der Waals surface area contributed by atoms with E-state index in [1.165, 1.54) is 13.3 Å². The summed E-state index contributed by atoms with van der Waals surface area (Å²) in [5.41, 5.74) is 0.952. The van der Waals surface area contributed by atoms with Crippen LogP contribution in [0, 0.1) is 0 Å². The minimum atomic E-state index is -1.01. The van der Waals surface area contributed by atoms with Crippen LogP contribution in [0.3, 0.4) is 0 Å². The maximum atomic E-state index is 12.4. The van der Waals surface area contributed by atoms with E-state index in [1.807, 2.05) is 6.07 Å². The average molecular weight is 400 g/mol. The molecule has 1 heterocycles. The van der Waals surface area contributed by atoms with Gasteiger partial charge in [0.2, 0.25) is 0 Å². The molecule has 0 saturated carbocycles. The van der Waals surface area contributed by atoms with Crippen molar-refractivity contribution in [3.05, 3.63) is 75.8 Å². The van der Waals surface area contributed by atoms with Crippen molar-refractivity contribution in [2.45, 2.75) is 26.1 Å². The van der Waals surface area contributed by atoms with Gasteiger partial charge in [0, 0.05) is 11.6 Å². The fraction of sp³-hybridized carbons (Fsp3) is 0.200. The van der Waals surface area contributed by atoms with Crippen molar-refractivity contribution < 1.29 is 14.3 Å². The van der Waals surface area contributed by atoms with Crippen molar-refractivity contribution in [2.24, 2.45) is 0 Å². The second-order valence-corrected chi connectivity index (χ2v) is 6.54. The van der Waals surface area contributed by atoms with Gasteiger partial charge in [-0.05, 0) is 30.7 Å². The van der Waals surface area contributed by atoms with Crippen LogP contribution >= 0.6 is 11.6 Å². The number of amides is 1. The molecule has 7 nitrogen and oxygen atoms in total. The number of benzene rings is 2. The van der Waals surface area contributed by atoms with Crippen molar-refractivity contribution in [3.8, 4) is 0 Å². The third-order valence-corrected chi connectivity index (χ3v) is 4.49. The minimum absolute atomic E-state index is 0.217. The lowest BCUT2D eigenvalue weighted by Gasteiger charge is -2.14. The van der Waals surface area contributed by atoms with Gasteiger partial charge in [-0.25, -0.2) is 4.98 Å². The molecule has 1 N–H and O–H groups in total. The van der Waals surface area contributed by atoms with Crippen LogP contribution in [-0.4, -0.2) is 27.5 Å². The third-order valence-electron chi connectivity index (χ3n) is 4.12. The molecule has 0 aliphatic rings. The zero-order valence-electron chi connectivity index (χ0n) is 15.1. The number of aromatic nitrogens is 2. The van der Waals surface area contributed by atoms with E-state index in [9.17, 15) is 14.4 Å². The fourth-order valence-electron chi connectivity index (χ4n) is 2.61. The molecule has 0 spiro atoms. The number of fused-ring (bicyclic) bond motifs is 1. The van der Waals surface area contributed by atoms with E-state index >= 15 is 0 Å². The molecule has 144 valence electrons. The van der Waals surface area contributed by atoms with E-state index in [0.717, 1.165) is 10.1 Å². The number of hydrogen-bond acceptors (Lipinski definition) is 5. The minimum Gasteiger partial charge on any atom is -0.451 e. The smallest absolute Gasteiger partial charge is 0.326 e. The molecule has 3 rings (SSSR count). The number of halogens is 1. The zero-order chi connectivity index (χ0) is 20.1. The normalized spacial score (nSPS) is 11.8. The summed E-state index contributed by atoms with van der Waals surface area (Å²) in [4.78, 5) is 40.8. The Kier molecular flexibility index (Phi) is 6.06. The van der Waals surface area contributed by atoms with Crippen molar-refractivity contribution in [2.75, 3.05) is 0 Å². The highest BCUT2D eigenvalue weighted by molar-refractivity contribution is 6.31. The summed E-state index contributed by atoms with van der Waals surface area (Å²) in [5, 5.41) is 3.61. The third kappa shape index (κ3) is 4.55. The summed E-state index contributed by atoms with van der Waals surface area (Å²) >= 11 is 6.04. The maximum Gasteiger partial charge on any atom is 0.326 e. The molecule has 2 aromatic carbocycles. The van der Waals surface area contributed by atoms with Gasteiger partial charge in [0.15, 0.2) is 6.10 Å². The quantitative estimate of drug-likeness (QED) is 0.642. The van der Waals surface area contributed by atoms with Crippen LogP contribution in [-0.2, 0) is 27.4 Å². The Balaban J connectivity index is 1.58. The maximum absolute atomic E-state index is 12.4. The van der Waals surface area contributed by atoms with Crippen LogP contribution in [0.25, 0.3) is 10.9 Å². The summed E-state index contributed by atoms with van der Waals surface area (Å²) in [6, 6.07) is 14.0. The molecule has 0 saturated heterocycles. The standard InChI is InChI=1S/C20H18ClN3O4/c1-13(19(26)22-10-14-6-2-4-8-16(14)21)28-18(25)11-24-12-23-17-9-5-3-7-15(17)20(24)27/h2-9,12-13H,10-11H2,1H3,(H,22,26)/t13-/m1/s1. The van der Waals surface area contributed by atoms with E-state index in [2.05, 4.69) is 10.3 Å². The number of nitrogens with one attached hydrogen (secondary N) is 1. The van der Waals surface area contributed by atoms with Crippen molar-refractivity contribution in [1.82, 2.24) is 14.9 Å². The van der Waals surface area contributed by atoms with Gasteiger partial charge >= 0.3 is 5.97 Å². The molecule has 0 unspecified atom stereocenters. The molecule has 1 amide bonds. The van der Waals surface area contributed by atoms with Crippen molar-refractivity contribution in [1.29, 1.82) is 0 Å². The lowest BCUT2D eigenvalue weighted by molar-refractivity contribution is -0.155. The Morgan fingerprint density at radius 3 is 2.68 bits per heavy atom. The monoisotopic (exact) mass is 399 g/mol. The Hall–Kier alpha value is -3.19. The van der Waals surface area contributed by atoms with Crippen LogP contribution in [0.15, 0.2) is 59.7 Å². The second-order valence-electron chi connectivity index (χ2n) is 6.14. The number of carbonyl (C=O) groups is 2. The summed E-state index contributed by atoms with van der Waals surface area (Å²) < 4.78 is 6.28. The molecular weight excluding hydrogens is 382 g/mol. The van der Waals surface area contributed by atoms with Gasteiger partial charge in [0.25, 0.3) is 11.5 Å². The number of carbonyl (C=O) groups excluding carboxylic acids is 2. The molecule has 0 aliphatic carbocycles. The van der Waals surface area contributed by atoms with Crippen LogP contribution in [0.4, 0.5) is 0 Å². The molecule has 0 fully saturated rings. The van der Waals surface area contributed by atoms with E-state index in [4.69, 9.17) is 16.3 Å². The molecule has 1 aromatic heterocycles. The number of esters is 1. The number of rotatable bonds is 6. The highest BCUT2D eigenvalue weighted by Crippen LogP contribution is 2.14. The first-order valence-electron chi connectivity index (χ1n) is 8.60. The van der Waals surface area contributed by atoms with Gasteiger partial charge in [-0.15, -0.1) is 0 Å². The molecule has 0 bridgehead atoms. The summed E-state index contributed by atoms with van der Waals surface area (Å²) in [5.74, 6) is -1.17. The Morgan fingerprint density at radius 2 is 1.89 bits per heavy atom. The Bertz CT molecular complexity index is 1080. The van der Waals surface area contributed by atoms with E-state index in [1.54, 1.807) is 42.5 Å². The molecule has 8 heteroatoms. The van der Waals surface area contributed by atoms with Crippen LogP contribution in [0.5, 0.6) is 0 Å². The number of hydrogen-bond donors (Lipinski definition) is 1. The lowest BCUT2D eigenvalue weighted by Crippen LogP contribution is -2.37. The number of ether oxygens (including phenoxy) is 1. The molecule has 0 aliphatic heterocycles. The van der Waals surface area contributed by atoms with Gasteiger partial charge in [-0.2, -0.15) is 0 Å². The lowest BCUT2D eigenvalue weighted by atomic mass is 10.2. The fourth-order valence-corrected chi connectivity index (χ4v) is 2.82. The molecule has 0 radical (unpaired) electrons. The van der Waals surface area contributed by atoms with Crippen molar-refractivity contribution >= 4 is 34.4 Å². The Morgan fingerprint density at radius 1 is 1.18 bits per heavy atom. The highest BCUT2D eigenvalue weighted by atomic mass is 35.5. The molecular formula is C20H18ClN3O4. The van der Waals surface area contributed by atoms with Crippen LogP contribution < -0.4 is 10.9 Å². The van der Waals surface area contributed by atoms with Gasteiger partial charge in [0.05, 0.1) is 17.2 Å². The summed E-state index contributed by atoms with van der Waals surface area (Å²) in [7, 11) is 0. The molecule has 3 aromatic rings. The molecule has 1 atom stereocenters. The number of para-hydroxylation sites is 1. The van der Waals surface area contributed by atoms with Crippen LogP contribution in [0.2, 0.25) is 5.02 Å². The van der Waals surface area contributed by atoms with Gasteiger partial charge in [0.1, 0.15) is 6.54 Å². The van der Waals surface area contributed by atoms with Crippen molar-refractivity contribution in [3.63, 3.8) is 0 Å². The summed E-state index contributed by atoms with van der Waals surface area (Å²) in [6.07, 6.45) is 0.271. The van der Waals surface area contributed by atoms with E-state index in [0.29, 0.717) is 15.9 Å². The molecule has 28 heavy (non-hydrogen) atoms. The number of nitrogens with zero attached hydrogens (tertiary/aromatic N) is 2. The summed E-state index contributed by atoms with van der Waals surface area (Å²) in [6.45, 7) is 1.34.